The monoisotopic (exact) mass is 190 g/mol. The fraction of sp³-hybridized carbons (Fsp3) is 0.600. The third-order valence-corrected chi connectivity index (χ3v) is 0.722. The maximum atomic E-state index is 10.3. The summed E-state index contributed by atoms with van der Waals surface area (Å²) in [6.07, 6.45) is -0.338. The van der Waals surface area contributed by atoms with Crippen LogP contribution in [-0.4, -0.2) is 69.2 Å². The van der Waals surface area contributed by atoms with E-state index >= 15 is 0 Å². The van der Waals surface area contributed by atoms with Crippen molar-refractivity contribution < 1.29 is 14.3 Å². The summed E-state index contributed by atoms with van der Waals surface area (Å²) in [5.74, 6) is -0.572. The molecule has 0 heterocycles. The molecule has 0 saturated carbocycles. The van der Waals surface area contributed by atoms with Crippen LogP contribution in [0.3, 0.4) is 0 Å². The van der Waals surface area contributed by atoms with Gasteiger partial charge >= 0.3 is 57.4 Å². The van der Waals surface area contributed by atoms with Gasteiger partial charge in [0.1, 0.15) is 6.42 Å². The van der Waals surface area contributed by atoms with Crippen molar-refractivity contribution >= 4 is 74.2 Å². The molecule has 0 rings (SSSR count). The number of hydrogen-bond donors (Lipinski definition) is 0. The van der Waals surface area contributed by atoms with Crippen molar-refractivity contribution in [1.82, 2.24) is 0 Å². The molecule has 0 atom stereocenters. The van der Waals surface area contributed by atoms with Crippen LogP contribution in [-0.2, 0) is 14.3 Å². The molecule has 0 aromatic carbocycles. The number of rotatable bonds is 3. The quantitative estimate of drug-likeness (QED) is 0.274. The van der Waals surface area contributed by atoms with Gasteiger partial charge in [0.2, 0.25) is 5.24 Å². The fourth-order valence-electron chi connectivity index (χ4n) is 0.325. The van der Waals surface area contributed by atoms with E-state index in [-0.39, 0.29) is 64.4 Å². The fourth-order valence-corrected chi connectivity index (χ4v) is 0.435. The van der Waals surface area contributed by atoms with Crippen LogP contribution in [0, 0.1) is 0 Å². The average molecular weight is 191 g/mol. The summed E-state index contributed by atoms with van der Waals surface area (Å²) in [5.41, 5.74) is 0. The first-order valence-electron chi connectivity index (χ1n) is 2.50. The van der Waals surface area contributed by atoms with Crippen LogP contribution < -0.4 is 0 Å². The van der Waals surface area contributed by atoms with E-state index in [4.69, 9.17) is 11.6 Å². The van der Waals surface area contributed by atoms with Gasteiger partial charge in [-0.2, -0.15) is 0 Å². The number of halogens is 1. The summed E-state index contributed by atoms with van der Waals surface area (Å²) in [7, 11) is 0. The van der Waals surface area contributed by atoms with Crippen molar-refractivity contribution in [3.63, 3.8) is 0 Å². The molecular weight excluding hydrogens is 183 g/mol. The standard InChI is InChI=1S/C5H7ClO3.K.H/c1-2-9-5(8)3-4(6)7;;/h2-3H2,1H3;;. The predicted molar refractivity (Wildman–Crippen MR) is 39.3 cm³/mol. The minimum absolute atomic E-state index is 0. The molecule has 0 saturated heterocycles. The Hall–Kier alpha value is 1.07. The second kappa shape index (κ2) is 8.17. The van der Waals surface area contributed by atoms with Gasteiger partial charge in [0.05, 0.1) is 6.61 Å². The second-order valence-corrected chi connectivity index (χ2v) is 1.76. The van der Waals surface area contributed by atoms with Crippen molar-refractivity contribution in [2.24, 2.45) is 0 Å². The van der Waals surface area contributed by atoms with Crippen LogP contribution >= 0.6 is 11.6 Å². The normalized spacial score (nSPS) is 7.80. The Morgan fingerprint density at radius 2 is 2.00 bits per heavy atom. The summed E-state index contributed by atoms with van der Waals surface area (Å²) in [5, 5.41) is -0.687. The van der Waals surface area contributed by atoms with E-state index in [9.17, 15) is 9.59 Å². The zero-order chi connectivity index (χ0) is 7.28. The Morgan fingerprint density at radius 3 is 2.30 bits per heavy atom. The van der Waals surface area contributed by atoms with E-state index in [1.807, 2.05) is 0 Å². The van der Waals surface area contributed by atoms with Crippen molar-refractivity contribution in [2.75, 3.05) is 6.61 Å². The third-order valence-electron chi connectivity index (χ3n) is 0.589. The molecule has 0 unspecified atom stereocenters. The topological polar surface area (TPSA) is 43.4 Å². The average Bonchev–Trinajstić information content (AvgIpc) is 1.63. The molecule has 0 N–H and O–H groups in total. The summed E-state index contributed by atoms with van der Waals surface area (Å²) in [6, 6.07) is 0. The molecule has 0 aliphatic carbocycles. The van der Waals surface area contributed by atoms with Crippen molar-refractivity contribution in [3.8, 4) is 0 Å². The number of esters is 1. The van der Waals surface area contributed by atoms with Gasteiger partial charge in [0.25, 0.3) is 0 Å². The van der Waals surface area contributed by atoms with Gasteiger partial charge in [-0.05, 0) is 18.5 Å². The van der Waals surface area contributed by atoms with E-state index in [1.54, 1.807) is 6.92 Å². The molecule has 10 heavy (non-hydrogen) atoms. The van der Waals surface area contributed by atoms with E-state index in [2.05, 4.69) is 4.74 Å². The molecule has 0 aromatic rings. The molecule has 0 aromatic heterocycles. The van der Waals surface area contributed by atoms with Crippen LogP contribution in [0.1, 0.15) is 13.3 Å². The van der Waals surface area contributed by atoms with Crippen molar-refractivity contribution in [2.45, 2.75) is 13.3 Å². The number of carbonyl (C=O) groups is 2. The van der Waals surface area contributed by atoms with Crippen LogP contribution in [0.15, 0.2) is 0 Å². The number of ether oxygens (including phenoxy) is 1. The van der Waals surface area contributed by atoms with Crippen LogP contribution in [0.2, 0.25) is 0 Å². The first kappa shape index (κ1) is 13.6. The van der Waals surface area contributed by atoms with E-state index in [0.29, 0.717) is 0 Å². The van der Waals surface area contributed by atoms with E-state index < -0.39 is 11.2 Å². The first-order chi connectivity index (χ1) is 4.16. The Morgan fingerprint density at radius 1 is 1.50 bits per heavy atom. The number of carbonyl (C=O) groups excluding carboxylic acids is 2. The van der Waals surface area contributed by atoms with Crippen molar-refractivity contribution in [3.05, 3.63) is 0 Å². The van der Waals surface area contributed by atoms with Gasteiger partial charge in [0.15, 0.2) is 0 Å². The van der Waals surface area contributed by atoms with Gasteiger partial charge in [0, 0.05) is 0 Å². The minimum atomic E-state index is -0.687. The Kier molecular flexibility index (Phi) is 11.1. The van der Waals surface area contributed by atoms with Crippen LogP contribution in [0.25, 0.3) is 0 Å². The predicted octanol–water partition coefficient (Wildman–Crippen LogP) is 0.0565. The third kappa shape index (κ3) is 9.07. The summed E-state index contributed by atoms with van der Waals surface area (Å²) in [4.78, 5) is 20.3. The summed E-state index contributed by atoms with van der Waals surface area (Å²) < 4.78 is 4.41. The molecule has 0 fully saturated rings. The molecular formula is C5H8ClKO3. The number of hydrogen-bond acceptors (Lipinski definition) is 3. The molecule has 0 aliphatic rings. The van der Waals surface area contributed by atoms with E-state index in [1.165, 1.54) is 0 Å². The van der Waals surface area contributed by atoms with Crippen molar-refractivity contribution in [1.29, 1.82) is 0 Å². The van der Waals surface area contributed by atoms with Gasteiger partial charge in [-0.1, -0.05) is 0 Å². The van der Waals surface area contributed by atoms with E-state index in [0.717, 1.165) is 0 Å². The van der Waals surface area contributed by atoms with Gasteiger partial charge < -0.3 is 4.74 Å². The Labute approximate surface area is 107 Å². The zero-order valence-electron chi connectivity index (χ0n) is 5.02. The Balaban J connectivity index is 0. The van der Waals surface area contributed by atoms with Crippen LogP contribution in [0.4, 0.5) is 0 Å². The molecule has 3 nitrogen and oxygen atoms in total. The summed E-state index contributed by atoms with van der Waals surface area (Å²) >= 11 is 4.87. The molecule has 0 spiro atoms. The molecule has 54 valence electrons. The second-order valence-electron chi connectivity index (χ2n) is 1.34. The van der Waals surface area contributed by atoms with Gasteiger partial charge in [-0.25, -0.2) is 0 Å². The van der Waals surface area contributed by atoms with Gasteiger partial charge in [-0.15, -0.1) is 0 Å². The molecule has 0 amide bonds. The van der Waals surface area contributed by atoms with Crippen LogP contribution in [0.5, 0.6) is 0 Å². The molecule has 5 heteroatoms. The first-order valence-corrected chi connectivity index (χ1v) is 2.88. The SMILES string of the molecule is CCOC(=O)CC(=O)Cl.[KH]. The summed E-state index contributed by atoms with van der Waals surface area (Å²) in [6.45, 7) is 1.94. The molecule has 0 radical (unpaired) electrons. The Bertz CT molecular complexity index is 126. The molecule has 0 aliphatic heterocycles. The maximum absolute atomic E-state index is 10.3. The molecule has 0 bridgehead atoms. The zero-order valence-corrected chi connectivity index (χ0v) is 5.77. The van der Waals surface area contributed by atoms with Gasteiger partial charge in [-0.3, -0.25) is 9.59 Å².